The molecule has 2 rings (SSSR count). The van der Waals surface area contributed by atoms with Crippen LogP contribution in [-0.2, 0) is 10.0 Å². The molecular formula is C12H16N4O2S. The van der Waals surface area contributed by atoms with Gasteiger partial charge in [0.15, 0.2) is 0 Å². The van der Waals surface area contributed by atoms with Crippen LogP contribution >= 0.6 is 0 Å². The number of nitrogens with one attached hydrogen (secondary N) is 1. The van der Waals surface area contributed by atoms with Crippen LogP contribution in [0.4, 0.5) is 11.4 Å². The van der Waals surface area contributed by atoms with Gasteiger partial charge in [-0.15, -0.1) is 0 Å². The first-order valence-corrected chi connectivity index (χ1v) is 7.36. The summed E-state index contributed by atoms with van der Waals surface area (Å²) in [7, 11) is -3.59. The highest BCUT2D eigenvalue weighted by Gasteiger charge is 2.24. The molecule has 7 heteroatoms. The van der Waals surface area contributed by atoms with Crippen LogP contribution in [0.25, 0.3) is 0 Å². The molecule has 1 aromatic heterocycles. The van der Waals surface area contributed by atoms with Crippen molar-refractivity contribution in [1.82, 2.24) is 10.2 Å². The number of H-pyrrole nitrogens is 1. The molecule has 0 aliphatic heterocycles. The summed E-state index contributed by atoms with van der Waals surface area (Å²) >= 11 is 0. The molecule has 102 valence electrons. The Morgan fingerprint density at radius 2 is 2.00 bits per heavy atom. The maximum atomic E-state index is 12.5. The number of nitrogens with two attached hydrogens (primary N) is 1. The molecule has 0 fully saturated rings. The summed E-state index contributed by atoms with van der Waals surface area (Å²) in [5.74, 6) is 0. The van der Waals surface area contributed by atoms with Crippen LogP contribution in [0.15, 0.2) is 41.6 Å². The predicted molar refractivity (Wildman–Crippen MR) is 74.3 cm³/mol. The van der Waals surface area contributed by atoms with E-state index in [1.807, 2.05) is 6.92 Å². The number of benzene rings is 1. The van der Waals surface area contributed by atoms with Gasteiger partial charge in [0.05, 0.1) is 11.9 Å². The highest BCUT2D eigenvalue weighted by molar-refractivity contribution is 7.92. The summed E-state index contributed by atoms with van der Waals surface area (Å²) in [6.07, 6.45) is 3.38. The summed E-state index contributed by atoms with van der Waals surface area (Å²) in [6.45, 7) is 2.33. The van der Waals surface area contributed by atoms with Gasteiger partial charge < -0.3 is 5.73 Å². The lowest BCUT2D eigenvalue weighted by atomic mass is 10.3. The quantitative estimate of drug-likeness (QED) is 0.814. The maximum absolute atomic E-state index is 12.5. The zero-order valence-corrected chi connectivity index (χ0v) is 11.4. The van der Waals surface area contributed by atoms with Crippen molar-refractivity contribution in [3.8, 4) is 0 Å². The fourth-order valence-electron chi connectivity index (χ4n) is 1.74. The molecule has 0 spiro atoms. The Balaban J connectivity index is 2.43. The predicted octanol–water partition coefficient (Wildman–Crippen LogP) is 1.60. The van der Waals surface area contributed by atoms with Crippen LogP contribution < -0.4 is 10.0 Å². The van der Waals surface area contributed by atoms with Gasteiger partial charge in [0, 0.05) is 18.4 Å². The average Bonchev–Trinajstić information content (AvgIpc) is 2.92. The molecule has 0 aliphatic carbocycles. The van der Waals surface area contributed by atoms with E-state index in [9.17, 15) is 8.42 Å². The summed E-state index contributed by atoms with van der Waals surface area (Å²) < 4.78 is 26.4. The van der Waals surface area contributed by atoms with Gasteiger partial charge in [-0.2, -0.15) is 5.10 Å². The lowest BCUT2D eigenvalue weighted by Gasteiger charge is -2.23. The molecule has 1 aromatic carbocycles. The third kappa shape index (κ3) is 2.70. The molecule has 0 saturated heterocycles. The Kier molecular flexibility index (Phi) is 3.75. The molecule has 0 atom stereocenters. The van der Waals surface area contributed by atoms with Gasteiger partial charge in [-0.3, -0.25) is 9.40 Å². The second-order valence-electron chi connectivity index (χ2n) is 4.10. The van der Waals surface area contributed by atoms with Gasteiger partial charge in [0.1, 0.15) is 4.90 Å². The van der Waals surface area contributed by atoms with E-state index < -0.39 is 10.0 Å². The zero-order chi connectivity index (χ0) is 13.9. The van der Waals surface area contributed by atoms with Crippen LogP contribution in [0.5, 0.6) is 0 Å². The Morgan fingerprint density at radius 3 is 2.53 bits per heavy atom. The molecular weight excluding hydrogens is 264 g/mol. The lowest BCUT2D eigenvalue weighted by Crippen LogP contribution is -2.31. The topological polar surface area (TPSA) is 92.1 Å². The molecule has 0 amide bonds. The monoisotopic (exact) mass is 280 g/mol. The van der Waals surface area contributed by atoms with E-state index in [-0.39, 0.29) is 4.90 Å². The molecule has 0 bridgehead atoms. The fraction of sp³-hybridized carbons (Fsp3) is 0.250. The number of nitrogen functional groups attached to an aromatic ring is 1. The number of hydrogen-bond donors (Lipinski definition) is 2. The summed E-state index contributed by atoms with van der Waals surface area (Å²) in [5, 5.41) is 6.21. The summed E-state index contributed by atoms with van der Waals surface area (Å²) in [5.41, 5.74) is 6.81. The number of rotatable bonds is 5. The number of sulfonamides is 1. The van der Waals surface area contributed by atoms with Gasteiger partial charge in [0.25, 0.3) is 10.0 Å². The normalized spacial score (nSPS) is 11.4. The molecule has 6 nitrogen and oxygen atoms in total. The van der Waals surface area contributed by atoms with Crippen LogP contribution in [0.1, 0.15) is 13.3 Å². The number of aromatic nitrogens is 2. The van der Waals surface area contributed by atoms with Gasteiger partial charge in [-0.25, -0.2) is 8.42 Å². The van der Waals surface area contributed by atoms with E-state index >= 15 is 0 Å². The molecule has 0 saturated carbocycles. The minimum Gasteiger partial charge on any atom is -0.399 e. The van der Waals surface area contributed by atoms with Crippen LogP contribution in [-0.4, -0.2) is 25.2 Å². The minimum absolute atomic E-state index is 0.151. The Morgan fingerprint density at radius 1 is 1.32 bits per heavy atom. The van der Waals surface area contributed by atoms with E-state index in [2.05, 4.69) is 10.2 Å². The Bertz CT molecular complexity index is 620. The Hall–Kier alpha value is -2.02. The first-order valence-electron chi connectivity index (χ1n) is 5.92. The number of aromatic amines is 1. The van der Waals surface area contributed by atoms with Crippen molar-refractivity contribution in [2.24, 2.45) is 0 Å². The molecule has 1 heterocycles. The van der Waals surface area contributed by atoms with Crippen LogP contribution in [0.3, 0.4) is 0 Å². The van der Waals surface area contributed by atoms with E-state index in [1.165, 1.54) is 16.7 Å². The summed E-state index contributed by atoms with van der Waals surface area (Å²) in [6, 6.07) is 6.76. The minimum atomic E-state index is -3.59. The maximum Gasteiger partial charge on any atom is 0.267 e. The molecule has 0 radical (unpaired) electrons. The third-order valence-corrected chi connectivity index (χ3v) is 4.46. The van der Waals surface area contributed by atoms with E-state index in [0.717, 1.165) is 0 Å². The van der Waals surface area contributed by atoms with Crippen molar-refractivity contribution in [1.29, 1.82) is 0 Å². The second-order valence-corrected chi connectivity index (χ2v) is 5.97. The van der Waals surface area contributed by atoms with Crippen molar-refractivity contribution in [2.45, 2.75) is 18.2 Å². The van der Waals surface area contributed by atoms with Crippen molar-refractivity contribution in [2.75, 3.05) is 16.6 Å². The average molecular weight is 280 g/mol. The SMILES string of the molecule is CCCN(c1ccc(N)cc1)S(=O)(=O)c1cn[nH]c1. The largest absolute Gasteiger partial charge is 0.399 e. The van der Waals surface area contributed by atoms with Gasteiger partial charge >= 0.3 is 0 Å². The summed E-state index contributed by atoms with van der Waals surface area (Å²) in [4.78, 5) is 0.151. The van der Waals surface area contributed by atoms with Crippen LogP contribution in [0.2, 0.25) is 0 Å². The van der Waals surface area contributed by atoms with Crippen molar-refractivity contribution in [3.63, 3.8) is 0 Å². The van der Waals surface area contributed by atoms with Gasteiger partial charge in [-0.05, 0) is 30.7 Å². The smallest absolute Gasteiger partial charge is 0.267 e. The first kappa shape index (κ1) is 13.4. The van der Waals surface area contributed by atoms with Gasteiger partial charge in [0.2, 0.25) is 0 Å². The van der Waals surface area contributed by atoms with E-state index in [0.29, 0.717) is 24.3 Å². The lowest BCUT2D eigenvalue weighted by molar-refractivity contribution is 0.590. The van der Waals surface area contributed by atoms with Crippen LogP contribution in [0, 0.1) is 0 Å². The second kappa shape index (κ2) is 5.31. The molecule has 3 N–H and O–H groups in total. The van der Waals surface area contributed by atoms with Crippen molar-refractivity contribution >= 4 is 21.4 Å². The standard InChI is InChI=1S/C12H16N4O2S/c1-2-7-16(11-5-3-10(13)4-6-11)19(17,18)12-8-14-15-9-12/h3-6,8-9H,2,7,13H2,1H3,(H,14,15). The third-order valence-electron chi connectivity index (χ3n) is 2.67. The molecule has 0 unspecified atom stereocenters. The molecule has 0 aliphatic rings. The molecule has 19 heavy (non-hydrogen) atoms. The number of hydrogen-bond acceptors (Lipinski definition) is 4. The first-order chi connectivity index (χ1) is 9.05. The fourth-order valence-corrected chi connectivity index (χ4v) is 3.20. The number of nitrogens with zero attached hydrogens (tertiary/aromatic N) is 2. The highest BCUT2D eigenvalue weighted by Crippen LogP contribution is 2.24. The highest BCUT2D eigenvalue weighted by atomic mass is 32.2. The van der Waals surface area contributed by atoms with Crippen molar-refractivity contribution in [3.05, 3.63) is 36.7 Å². The molecule has 2 aromatic rings. The van der Waals surface area contributed by atoms with Crippen molar-refractivity contribution < 1.29 is 8.42 Å². The van der Waals surface area contributed by atoms with E-state index in [1.54, 1.807) is 24.3 Å². The zero-order valence-electron chi connectivity index (χ0n) is 10.6. The number of anilines is 2. The Labute approximate surface area is 112 Å². The van der Waals surface area contributed by atoms with E-state index in [4.69, 9.17) is 5.73 Å². The van der Waals surface area contributed by atoms with Gasteiger partial charge in [-0.1, -0.05) is 6.92 Å².